The lowest BCUT2D eigenvalue weighted by Crippen LogP contribution is -2.48. The van der Waals surface area contributed by atoms with E-state index in [-0.39, 0.29) is 24.6 Å². The summed E-state index contributed by atoms with van der Waals surface area (Å²) in [4.78, 5) is 17.7. The SMILES string of the molecule is Cc1cc(OCc2c(F)cccc2F)c2nc(C)c(C(=O)NCC(C)(N)CCOCc3ccccc3)n2c1. The van der Waals surface area contributed by atoms with Crippen LogP contribution in [0, 0.1) is 25.5 Å². The largest absolute Gasteiger partial charge is 0.485 e. The van der Waals surface area contributed by atoms with Crippen LogP contribution >= 0.6 is 0 Å². The third-order valence-electron chi connectivity index (χ3n) is 6.23. The van der Waals surface area contributed by atoms with E-state index in [1.807, 2.05) is 44.2 Å². The van der Waals surface area contributed by atoms with Gasteiger partial charge in [0.2, 0.25) is 0 Å². The Balaban J connectivity index is 1.42. The third-order valence-corrected chi connectivity index (χ3v) is 6.23. The fourth-order valence-electron chi connectivity index (χ4n) is 4.08. The van der Waals surface area contributed by atoms with Crippen LogP contribution in [0.4, 0.5) is 8.78 Å². The van der Waals surface area contributed by atoms with Crippen LogP contribution in [0.2, 0.25) is 0 Å². The minimum Gasteiger partial charge on any atom is -0.485 e. The molecule has 0 radical (unpaired) electrons. The Morgan fingerprint density at radius 3 is 2.50 bits per heavy atom. The van der Waals surface area contributed by atoms with Crippen LogP contribution in [0.25, 0.3) is 5.65 Å². The lowest BCUT2D eigenvalue weighted by atomic mass is 10.00. The summed E-state index contributed by atoms with van der Waals surface area (Å²) in [5, 5.41) is 2.91. The quantitative estimate of drug-likeness (QED) is 0.275. The number of imidazole rings is 1. The van der Waals surface area contributed by atoms with Gasteiger partial charge in [-0.25, -0.2) is 13.8 Å². The molecule has 0 spiro atoms. The highest BCUT2D eigenvalue weighted by Gasteiger charge is 2.24. The minimum absolute atomic E-state index is 0.177. The highest BCUT2D eigenvalue weighted by molar-refractivity contribution is 5.95. The van der Waals surface area contributed by atoms with Gasteiger partial charge < -0.3 is 20.5 Å². The molecule has 200 valence electrons. The van der Waals surface area contributed by atoms with Crippen LogP contribution < -0.4 is 15.8 Å². The zero-order valence-electron chi connectivity index (χ0n) is 21.8. The van der Waals surface area contributed by atoms with Crippen molar-refractivity contribution in [1.29, 1.82) is 0 Å². The molecule has 4 aromatic rings. The minimum atomic E-state index is -0.691. The number of hydrogen-bond acceptors (Lipinski definition) is 5. The molecule has 9 heteroatoms. The fraction of sp³-hybridized carbons (Fsp3) is 0.310. The Morgan fingerprint density at radius 2 is 1.79 bits per heavy atom. The topological polar surface area (TPSA) is 90.9 Å². The van der Waals surface area contributed by atoms with Gasteiger partial charge in [0.15, 0.2) is 11.4 Å². The van der Waals surface area contributed by atoms with Gasteiger partial charge in [0, 0.05) is 24.9 Å². The van der Waals surface area contributed by atoms with E-state index >= 15 is 0 Å². The average Bonchev–Trinajstić information content (AvgIpc) is 3.21. The normalized spacial score (nSPS) is 12.9. The van der Waals surface area contributed by atoms with Crippen molar-refractivity contribution in [3.63, 3.8) is 0 Å². The summed E-state index contributed by atoms with van der Waals surface area (Å²) in [5.74, 6) is -1.41. The number of carbonyl (C=O) groups is 1. The number of rotatable bonds is 11. The molecule has 0 aliphatic rings. The monoisotopic (exact) mass is 522 g/mol. The van der Waals surface area contributed by atoms with Crippen molar-refractivity contribution in [2.75, 3.05) is 13.2 Å². The summed E-state index contributed by atoms with van der Waals surface area (Å²) in [6, 6.07) is 15.2. The molecular weight excluding hydrogens is 490 g/mol. The van der Waals surface area contributed by atoms with Gasteiger partial charge in [-0.3, -0.25) is 9.20 Å². The number of ether oxygens (including phenoxy) is 2. The Bertz CT molecular complexity index is 1400. The van der Waals surface area contributed by atoms with Gasteiger partial charge in [0.1, 0.15) is 23.9 Å². The summed E-state index contributed by atoms with van der Waals surface area (Å²) in [7, 11) is 0. The van der Waals surface area contributed by atoms with Crippen molar-refractivity contribution in [3.05, 3.63) is 101 Å². The number of fused-ring (bicyclic) bond motifs is 1. The number of carbonyl (C=O) groups excluding carboxylic acids is 1. The van der Waals surface area contributed by atoms with Crippen molar-refractivity contribution in [2.24, 2.45) is 5.73 Å². The molecular formula is C29H32F2N4O3. The lowest BCUT2D eigenvalue weighted by Gasteiger charge is -2.25. The lowest BCUT2D eigenvalue weighted by molar-refractivity contribution is 0.0903. The number of nitrogens with two attached hydrogens (primary N) is 1. The zero-order valence-corrected chi connectivity index (χ0v) is 21.8. The van der Waals surface area contributed by atoms with E-state index < -0.39 is 17.2 Å². The first-order valence-corrected chi connectivity index (χ1v) is 12.4. The molecule has 0 aliphatic carbocycles. The number of aromatic nitrogens is 2. The van der Waals surface area contributed by atoms with Crippen molar-refractivity contribution in [3.8, 4) is 5.75 Å². The van der Waals surface area contributed by atoms with E-state index in [1.54, 1.807) is 23.6 Å². The van der Waals surface area contributed by atoms with E-state index in [0.717, 1.165) is 11.1 Å². The average molecular weight is 523 g/mol. The molecule has 1 atom stereocenters. The van der Waals surface area contributed by atoms with Crippen molar-refractivity contribution in [1.82, 2.24) is 14.7 Å². The highest BCUT2D eigenvalue weighted by Crippen LogP contribution is 2.26. The Labute approximate surface area is 220 Å². The number of nitrogens with one attached hydrogen (secondary N) is 1. The van der Waals surface area contributed by atoms with Crippen LogP contribution in [0.3, 0.4) is 0 Å². The molecule has 4 rings (SSSR count). The number of benzene rings is 2. The highest BCUT2D eigenvalue weighted by atomic mass is 19.1. The number of hydrogen-bond donors (Lipinski definition) is 2. The smallest absolute Gasteiger partial charge is 0.270 e. The van der Waals surface area contributed by atoms with E-state index in [0.29, 0.717) is 42.4 Å². The van der Waals surface area contributed by atoms with Gasteiger partial charge in [0.05, 0.1) is 17.9 Å². The van der Waals surface area contributed by atoms with Gasteiger partial charge in [-0.2, -0.15) is 0 Å². The molecule has 0 saturated carbocycles. The second-order valence-electron chi connectivity index (χ2n) is 9.73. The maximum Gasteiger partial charge on any atom is 0.270 e. The van der Waals surface area contributed by atoms with E-state index in [1.165, 1.54) is 18.2 Å². The Morgan fingerprint density at radius 1 is 1.08 bits per heavy atom. The van der Waals surface area contributed by atoms with Crippen LogP contribution in [0.15, 0.2) is 60.8 Å². The summed E-state index contributed by atoms with van der Waals surface area (Å²) < 4.78 is 41.3. The van der Waals surface area contributed by atoms with E-state index in [4.69, 9.17) is 15.2 Å². The second-order valence-corrected chi connectivity index (χ2v) is 9.73. The zero-order chi connectivity index (χ0) is 27.3. The molecule has 1 amide bonds. The van der Waals surface area contributed by atoms with Crippen LogP contribution in [0.5, 0.6) is 5.75 Å². The molecule has 0 fully saturated rings. The van der Waals surface area contributed by atoms with Crippen molar-refractivity contribution < 1.29 is 23.0 Å². The molecule has 3 N–H and O–H groups in total. The molecule has 1 unspecified atom stereocenters. The van der Waals surface area contributed by atoms with Gasteiger partial charge in [-0.05, 0) is 56.5 Å². The first kappa shape index (κ1) is 27.2. The summed E-state index contributed by atoms with van der Waals surface area (Å²) >= 11 is 0. The van der Waals surface area contributed by atoms with Gasteiger partial charge in [-0.1, -0.05) is 36.4 Å². The van der Waals surface area contributed by atoms with Crippen LogP contribution in [0.1, 0.15) is 46.2 Å². The van der Waals surface area contributed by atoms with E-state index in [9.17, 15) is 13.6 Å². The maximum absolute atomic E-state index is 14.1. The molecule has 7 nitrogen and oxygen atoms in total. The van der Waals surface area contributed by atoms with Crippen LogP contribution in [-0.2, 0) is 18.0 Å². The maximum atomic E-state index is 14.1. The van der Waals surface area contributed by atoms with Gasteiger partial charge in [-0.15, -0.1) is 0 Å². The standard InChI is InChI=1S/C29H32F2N4O3/c1-19-14-25(38-17-22-23(30)10-7-11-24(22)31)27-34-20(2)26(35(27)15-19)28(36)33-18-29(3,32)12-13-37-16-21-8-5-4-6-9-21/h4-11,14-15H,12-13,16-18,32H2,1-3H3,(H,33,36). The molecule has 38 heavy (non-hydrogen) atoms. The summed E-state index contributed by atoms with van der Waals surface area (Å²) in [6.07, 6.45) is 2.32. The number of halogens is 2. The van der Waals surface area contributed by atoms with Gasteiger partial charge in [0.25, 0.3) is 5.91 Å². The molecule has 0 bridgehead atoms. The van der Waals surface area contributed by atoms with Crippen LogP contribution in [-0.4, -0.2) is 34.0 Å². The fourth-order valence-corrected chi connectivity index (χ4v) is 4.08. The van der Waals surface area contributed by atoms with Gasteiger partial charge >= 0.3 is 0 Å². The third kappa shape index (κ3) is 6.54. The van der Waals surface area contributed by atoms with E-state index in [2.05, 4.69) is 10.3 Å². The molecule has 2 heterocycles. The summed E-state index contributed by atoms with van der Waals surface area (Å²) in [5.41, 5.74) is 8.62. The molecule has 2 aromatic heterocycles. The molecule has 2 aromatic carbocycles. The number of amides is 1. The first-order chi connectivity index (χ1) is 18.1. The Kier molecular flexibility index (Phi) is 8.38. The predicted molar refractivity (Wildman–Crippen MR) is 141 cm³/mol. The first-order valence-electron chi connectivity index (χ1n) is 12.4. The summed E-state index contributed by atoms with van der Waals surface area (Å²) in [6.45, 7) is 6.28. The predicted octanol–water partition coefficient (Wildman–Crippen LogP) is 4.86. The molecule has 0 aliphatic heterocycles. The second kappa shape index (κ2) is 11.7. The number of pyridine rings is 1. The Hall–Kier alpha value is -3.82. The number of aryl methyl sites for hydroxylation is 2. The number of nitrogens with zero attached hydrogens (tertiary/aromatic N) is 2. The molecule has 0 saturated heterocycles. The van der Waals surface area contributed by atoms with Crippen molar-refractivity contribution >= 4 is 11.6 Å². The van der Waals surface area contributed by atoms with Crippen molar-refractivity contribution in [2.45, 2.75) is 45.9 Å².